The molecule has 20 heavy (non-hydrogen) atoms. The van der Waals surface area contributed by atoms with E-state index in [0.717, 1.165) is 32.4 Å². The van der Waals surface area contributed by atoms with Crippen LogP contribution in [0.15, 0.2) is 24.3 Å². The van der Waals surface area contributed by atoms with Gasteiger partial charge in [-0.05, 0) is 30.4 Å². The van der Waals surface area contributed by atoms with Crippen LogP contribution in [0.25, 0.3) is 0 Å². The van der Waals surface area contributed by atoms with Gasteiger partial charge in [-0.2, -0.15) is 0 Å². The van der Waals surface area contributed by atoms with E-state index < -0.39 is 0 Å². The fourth-order valence-electron chi connectivity index (χ4n) is 3.16. The van der Waals surface area contributed by atoms with E-state index in [2.05, 4.69) is 12.1 Å². The maximum absolute atomic E-state index is 12.5. The number of ether oxygens (including phenoxy) is 1. The maximum Gasteiger partial charge on any atom is 0.230 e. The molecular weight excluding hydrogens is 254 g/mol. The summed E-state index contributed by atoms with van der Waals surface area (Å²) in [6.45, 7) is 2.01. The van der Waals surface area contributed by atoms with Gasteiger partial charge in [0.25, 0.3) is 0 Å². The third kappa shape index (κ3) is 2.58. The molecule has 1 saturated heterocycles. The number of likely N-dealkylation sites (tertiary alicyclic amines) is 1. The molecule has 4 nitrogen and oxygen atoms in total. The summed E-state index contributed by atoms with van der Waals surface area (Å²) >= 11 is 0. The Hall–Kier alpha value is -1.39. The van der Waals surface area contributed by atoms with Crippen LogP contribution in [0, 0.1) is 0 Å². The number of aliphatic hydroxyl groups excluding tert-OH is 1. The summed E-state index contributed by atoms with van der Waals surface area (Å²) in [5.41, 5.74) is 2.52. The van der Waals surface area contributed by atoms with Crippen LogP contribution in [0.1, 0.15) is 29.9 Å². The smallest absolute Gasteiger partial charge is 0.230 e. The van der Waals surface area contributed by atoms with Gasteiger partial charge in [0.15, 0.2) is 0 Å². The minimum Gasteiger partial charge on any atom is -0.394 e. The van der Waals surface area contributed by atoms with Crippen molar-refractivity contribution in [3.63, 3.8) is 0 Å². The first-order valence-corrected chi connectivity index (χ1v) is 7.38. The lowest BCUT2D eigenvalue weighted by Gasteiger charge is -2.37. The largest absolute Gasteiger partial charge is 0.394 e. The lowest BCUT2D eigenvalue weighted by atomic mass is 9.76. The topological polar surface area (TPSA) is 49.8 Å². The molecule has 2 aliphatic rings. The van der Waals surface area contributed by atoms with Crippen LogP contribution < -0.4 is 0 Å². The number of amides is 1. The van der Waals surface area contributed by atoms with E-state index in [9.17, 15) is 4.79 Å². The highest BCUT2D eigenvalue weighted by atomic mass is 16.5. The molecule has 4 heteroatoms. The van der Waals surface area contributed by atoms with E-state index in [1.165, 1.54) is 11.1 Å². The van der Waals surface area contributed by atoms with Gasteiger partial charge in [0.2, 0.25) is 5.91 Å². The van der Waals surface area contributed by atoms with E-state index in [4.69, 9.17) is 9.84 Å². The van der Waals surface area contributed by atoms with E-state index in [1.807, 2.05) is 17.0 Å². The highest BCUT2D eigenvalue weighted by Crippen LogP contribution is 2.36. The predicted octanol–water partition coefficient (Wildman–Crippen LogP) is 1.33. The zero-order chi connectivity index (χ0) is 13.9. The quantitative estimate of drug-likeness (QED) is 0.902. The van der Waals surface area contributed by atoms with Crippen molar-refractivity contribution in [2.75, 3.05) is 26.3 Å². The van der Waals surface area contributed by atoms with Crippen molar-refractivity contribution in [1.29, 1.82) is 0 Å². The Balaban J connectivity index is 1.53. The summed E-state index contributed by atoms with van der Waals surface area (Å²) in [5, 5.41) is 8.75. The monoisotopic (exact) mass is 275 g/mol. The third-order valence-corrected chi connectivity index (χ3v) is 4.35. The molecule has 1 aliphatic heterocycles. The molecule has 1 unspecified atom stereocenters. The second-order valence-corrected chi connectivity index (χ2v) is 5.57. The number of rotatable bonds is 4. The second kappa shape index (κ2) is 5.94. The van der Waals surface area contributed by atoms with Crippen LogP contribution in [-0.4, -0.2) is 48.3 Å². The van der Waals surface area contributed by atoms with Gasteiger partial charge >= 0.3 is 0 Å². The van der Waals surface area contributed by atoms with Gasteiger partial charge < -0.3 is 14.7 Å². The Morgan fingerprint density at radius 2 is 2.05 bits per heavy atom. The molecule has 0 aromatic heterocycles. The second-order valence-electron chi connectivity index (χ2n) is 5.57. The normalized spacial score (nSPS) is 22.2. The summed E-state index contributed by atoms with van der Waals surface area (Å²) in [7, 11) is 0. The number of carbonyl (C=O) groups is 1. The zero-order valence-corrected chi connectivity index (χ0v) is 11.6. The molecule has 1 amide bonds. The van der Waals surface area contributed by atoms with Crippen molar-refractivity contribution in [3.05, 3.63) is 35.4 Å². The first-order valence-electron chi connectivity index (χ1n) is 7.38. The molecule has 0 radical (unpaired) electrons. The summed E-state index contributed by atoms with van der Waals surface area (Å²) < 4.78 is 5.53. The Kier molecular flexibility index (Phi) is 4.03. The van der Waals surface area contributed by atoms with E-state index in [0.29, 0.717) is 6.61 Å². The van der Waals surface area contributed by atoms with Crippen LogP contribution in [0.3, 0.4) is 0 Å². The highest BCUT2D eigenvalue weighted by Gasteiger charge is 2.35. The van der Waals surface area contributed by atoms with Crippen LogP contribution in [0.4, 0.5) is 0 Å². The number of benzene rings is 1. The van der Waals surface area contributed by atoms with Gasteiger partial charge in [-0.25, -0.2) is 0 Å². The summed E-state index contributed by atoms with van der Waals surface area (Å²) in [5.74, 6) is 0.338. The number of carbonyl (C=O) groups excluding carboxylic acids is 1. The maximum atomic E-state index is 12.5. The third-order valence-electron chi connectivity index (χ3n) is 4.35. The van der Waals surface area contributed by atoms with E-state index in [-0.39, 0.29) is 24.5 Å². The molecule has 3 rings (SSSR count). The first kappa shape index (κ1) is 13.6. The summed E-state index contributed by atoms with van der Waals surface area (Å²) in [6.07, 6.45) is 2.83. The first-order chi connectivity index (χ1) is 9.79. The Morgan fingerprint density at radius 1 is 1.30 bits per heavy atom. The van der Waals surface area contributed by atoms with Crippen LogP contribution in [0.2, 0.25) is 0 Å². The van der Waals surface area contributed by atoms with Crippen molar-refractivity contribution >= 4 is 5.91 Å². The molecule has 1 fully saturated rings. The van der Waals surface area contributed by atoms with Crippen molar-refractivity contribution in [2.24, 2.45) is 0 Å². The number of hydrogen-bond acceptors (Lipinski definition) is 3. The molecule has 0 saturated carbocycles. The molecule has 1 aromatic carbocycles. The fraction of sp³-hybridized carbons (Fsp3) is 0.562. The average Bonchev–Trinajstić information content (AvgIpc) is 2.47. The van der Waals surface area contributed by atoms with Crippen molar-refractivity contribution in [2.45, 2.75) is 31.3 Å². The summed E-state index contributed by atoms with van der Waals surface area (Å²) in [4.78, 5) is 14.5. The zero-order valence-electron chi connectivity index (χ0n) is 11.6. The van der Waals surface area contributed by atoms with Gasteiger partial charge in [0, 0.05) is 13.1 Å². The van der Waals surface area contributed by atoms with Crippen LogP contribution >= 0.6 is 0 Å². The molecule has 0 bridgehead atoms. The van der Waals surface area contributed by atoms with E-state index >= 15 is 0 Å². The van der Waals surface area contributed by atoms with Crippen molar-refractivity contribution in [1.82, 2.24) is 4.90 Å². The Labute approximate surface area is 119 Å². The SMILES string of the molecule is O=C(C1Cc2ccccc21)N1CCC(OCCO)CC1. The molecule has 1 atom stereocenters. The lowest BCUT2D eigenvalue weighted by molar-refractivity contribution is -0.136. The average molecular weight is 275 g/mol. The highest BCUT2D eigenvalue weighted by molar-refractivity contribution is 5.87. The van der Waals surface area contributed by atoms with Crippen LogP contribution in [-0.2, 0) is 16.0 Å². The van der Waals surface area contributed by atoms with E-state index in [1.54, 1.807) is 0 Å². The van der Waals surface area contributed by atoms with Crippen LogP contribution in [0.5, 0.6) is 0 Å². The Morgan fingerprint density at radius 3 is 2.75 bits per heavy atom. The molecule has 1 heterocycles. The molecule has 108 valence electrons. The Bertz CT molecular complexity index is 480. The van der Waals surface area contributed by atoms with Gasteiger partial charge in [0.05, 0.1) is 25.2 Å². The number of piperidine rings is 1. The van der Waals surface area contributed by atoms with Crippen molar-refractivity contribution < 1.29 is 14.6 Å². The number of hydrogen-bond donors (Lipinski definition) is 1. The van der Waals surface area contributed by atoms with Gasteiger partial charge in [-0.3, -0.25) is 4.79 Å². The summed E-state index contributed by atoms with van der Waals surface area (Å²) in [6, 6.07) is 8.21. The van der Waals surface area contributed by atoms with Gasteiger partial charge in [-0.15, -0.1) is 0 Å². The minimum atomic E-state index is 0.0675. The van der Waals surface area contributed by atoms with Gasteiger partial charge in [0.1, 0.15) is 0 Å². The minimum absolute atomic E-state index is 0.0675. The predicted molar refractivity (Wildman–Crippen MR) is 75.5 cm³/mol. The number of fused-ring (bicyclic) bond motifs is 1. The number of nitrogens with zero attached hydrogens (tertiary/aromatic N) is 1. The molecular formula is C16H21NO3. The van der Waals surface area contributed by atoms with Crippen molar-refractivity contribution in [3.8, 4) is 0 Å². The molecule has 1 aliphatic carbocycles. The standard InChI is InChI=1S/C16H21NO3/c18-9-10-20-13-5-7-17(8-6-13)16(19)15-11-12-3-1-2-4-14(12)15/h1-4,13,15,18H,5-11H2. The molecule has 1 aromatic rings. The van der Waals surface area contributed by atoms with Gasteiger partial charge in [-0.1, -0.05) is 24.3 Å². The molecule has 0 spiro atoms. The lowest BCUT2D eigenvalue weighted by Crippen LogP contribution is -2.45. The fourth-order valence-corrected chi connectivity index (χ4v) is 3.16. The molecule has 1 N–H and O–H groups in total. The number of aliphatic hydroxyl groups is 1.